The fourth-order valence-electron chi connectivity index (χ4n) is 3.29. The average Bonchev–Trinajstić information content (AvgIpc) is 2.66. The summed E-state index contributed by atoms with van der Waals surface area (Å²) >= 11 is 0. The van der Waals surface area contributed by atoms with E-state index in [2.05, 4.69) is 0 Å². The van der Waals surface area contributed by atoms with Crippen LogP contribution in [0.3, 0.4) is 0 Å². The van der Waals surface area contributed by atoms with Crippen LogP contribution in [0.15, 0.2) is 57.7 Å². The van der Waals surface area contributed by atoms with Gasteiger partial charge < -0.3 is 26.1 Å². The van der Waals surface area contributed by atoms with Gasteiger partial charge in [0.2, 0.25) is 0 Å². The minimum Gasteiger partial charge on any atom is -0.481 e. The predicted molar refractivity (Wildman–Crippen MR) is 106 cm³/mol. The highest BCUT2D eigenvalue weighted by molar-refractivity contribution is 5.84. The zero-order valence-electron chi connectivity index (χ0n) is 15.4. The minimum atomic E-state index is -1.14. The Morgan fingerprint density at radius 3 is 2.17 bits per heavy atom. The van der Waals surface area contributed by atoms with E-state index in [-0.39, 0.29) is 34.1 Å². The number of aliphatic carboxylic acids is 2. The maximum absolute atomic E-state index is 12.7. The molecule has 150 valence electrons. The zero-order chi connectivity index (χ0) is 21.1. The van der Waals surface area contributed by atoms with E-state index in [0.717, 1.165) is 0 Å². The van der Waals surface area contributed by atoms with Gasteiger partial charge in [0.05, 0.1) is 18.2 Å². The summed E-state index contributed by atoms with van der Waals surface area (Å²) in [6.07, 6.45) is -0.827. The van der Waals surface area contributed by atoms with Gasteiger partial charge in [-0.15, -0.1) is 0 Å². The van der Waals surface area contributed by atoms with Crippen LogP contribution in [-0.2, 0) is 9.59 Å². The standard InChI is InChI=1S/C21H20N2O6/c22-14(8-18(25)26)12-6-7-13-16(24)10-17(11-4-2-1-3-5-11)29-21(13)20(12)15(23)9-19(27)28/h1-7,10,14-15H,8-9,22-23H2,(H,25,26)(H,27,28). The lowest BCUT2D eigenvalue weighted by Crippen LogP contribution is -2.23. The van der Waals surface area contributed by atoms with Crippen molar-refractivity contribution < 1.29 is 24.2 Å². The molecule has 0 radical (unpaired) electrons. The Labute approximate surface area is 165 Å². The van der Waals surface area contributed by atoms with Gasteiger partial charge in [-0.05, 0) is 11.6 Å². The first-order valence-electron chi connectivity index (χ1n) is 8.88. The van der Waals surface area contributed by atoms with Crippen molar-refractivity contribution in [3.05, 3.63) is 69.9 Å². The number of hydrogen-bond acceptors (Lipinski definition) is 6. The van der Waals surface area contributed by atoms with Crippen molar-refractivity contribution in [3.8, 4) is 11.3 Å². The number of carbonyl (C=O) groups is 2. The van der Waals surface area contributed by atoms with E-state index in [0.29, 0.717) is 11.1 Å². The van der Waals surface area contributed by atoms with E-state index in [9.17, 15) is 19.5 Å². The summed E-state index contributed by atoms with van der Waals surface area (Å²) in [6, 6.07) is 11.3. The Morgan fingerprint density at radius 1 is 0.931 bits per heavy atom. The molecule has 0 spiro atoms. The van der Waals surface area contributed by atoms with Crippen LogP contribution in [0.25, 0.3) is 22.3 Å². The third kappa shape index (κ3) is 4.34. The summed E-state index contributed by atoms with van der Waals surface area (Å²) in [4.78, 5) is 35.0. The molecule has 0 saturated heterocycles. The molecule has 3 rings (SSSR count). The second-order valence-electron chi connectivity index (χ2n) is 6.69. The fraction of sp³-hybridized carbons (Fsp3) is 0.190. The van der Waals surface area contributed by atoms with E-state index >= 15 is 0 Å². The number of carboxylic acid groups (broad SMARTS) is 2. The lowest BCUT2D eigenvalue weighted by molar-refractivity contribution is -0.138. The largest absolute Gasteiger partial charge is 0.481 e. The van der Waals surface area contributed by atoms with Crippen LogP contribution >= 0.6 is 0 Å². The summed E-state index contributed by atoms with van der Waals surface area (Å²) in [7, 11) is 0. The Kier molecular flexibility index (Phi) is 5.76. The molecule has 3 aromatic rings. The third-order valence-electron chi connectivity index (χ3n) is 4.59. The van der Waals surface area contributed by atoms with Crippen molar-refractivity contribution in [3.63, 3.8) is 0 Å². The Balaban J connectivity index is 2.30. The number of nitrogens with two attached hydrogens (primary N) is 2. The highest BCUT2D eigenvalue weighted by Crippen LogP contribution is 2.33. The molecule has 8 nitrogen and oxygen atoms in total. The Bertz CT molecular complexity index is 1120. The van der Waals surface area contributed by atoms with Crippen molar-refractivity contribution in [1.82, 2.24) is 0 Å². The first-order valence-corrected chi connectivity index (χ1v) is 8.88. The molecule has 2 unspecified atom stereocenters. The number of benzene rings is 2. The van der Waals surface area contributed by atoms with Crippen LogP contribution in [-0.4, -0.2) is 22.2 Å². The zero-order valence-corrected chi connectivity index (χ0v) is 15.4. The van der Waals surface area contributed by atoms with E-state index in [1.54, 1.807) is 24.3 Å². The van der Waals surface area contributed by atoms with Crippen LogP contribution < -0.4 is 16.9 Å². The lowest BCUT2D eigenvalue weighted by Gasteiger charge is -2.20. The highest BCUT2D eigenvalue weighted by Gasteiger charge is 2.25. The van der Waals surface area contributed by atoms with Crippen molar-refractivity contribution in [2.75, 3.05) is 0 Å². The first kappa shape index (κ1) is 20.2. The van der Waals surface area contributed by atoms with E-state index in [4.69, 9.17) is 21.0 Å². The monoisotopic (exact) mass is 396 g/mol. The molecule has 6 N–H and O–H groups in total. The SMILES string of the molecule is NC(CC(=O)O)c1ccc2c(=O)cc(-c3ccccc3)oc2c1C(N)CC(=O)O. The van der Waals surface area contributed by atoms with Crippen molar-refractivity contribution in [2.45, 2.75) is 24.9 Å². The molecule has 0 bridgehead atoms. The maximum Gasteiger partial charge on any atom is 0.305 e. The molecule has 0 saturated carbocycles. The molecule has 0 fully saturated rings. The quantitative estimate of drug-likeness (QED) is 0.474. The van der Waals surface area contributed by atoms with Crippen molar-refractivity contribution >= 4 is 22.9 Å². The summed E-state index contributed by atoms with van der Waals surface area (Å²) in [5.41, 5.74) is 13.2. The van der Waals surface area contributed by atoms with Crippen molar-refractivity contribution in [1.29, 1.82) is 0 Å². The summed E-state index contributed by atoms with van der Waals surface area (Å²) in [6.45, 7) is 0. The van der Waals surface area contributed by atoms with Gasteiger partial charge in [-0.3, -0.25) is 14.4 Å². The van der Waals surface area contributed by atoms with Crippen molar-refractivity contribution in [2.24, 2.45) is 11.5 Å². The van der Waals surface area contributed by atoms with Gasteiger partial charge in [-0.25, -0.2) is 0 Å². The van der Waals surface area contributed by atoms with E-state index in [1.165, 1.54) is 18.2 Å². The molecule has 0 aliphatic carbocycles. The van der Waals surface area contributed by atoms with E-state index < -0.39 is 30.4 Å². The molecule has 1 aromatic heterocycles. The number of rotatable bonds is 7. The normalized spacial score (nSPS) is 13.2. The van der Waals surface area contributed by atoms with Crippen LogP contribution in [0.5, 0.6) is 0 Å². The molecule has 1 heterocycles. The van der Waals surface area contributed by atoms with Gasteiger partial charge in [0, 0.05) is 29.3 Å². The average molecular weight is 396 g/mol. The van der Waals surface area contributed by atoms with Crippen LogP contribution in [0, 0.1) is 0 Å². The third-order valence-corrected chi connectivity index (χ3v) is 4.59. The van der Waals surface area contributed by atoms with Gasteiger partial charge in [-0.1, -0.05) is 36.4 Å². The highest BCUT2D eigenvalue weighted by atomic mass is 16.4. The van der Waals surface area contributed by atoms with Gasteiger partial charge in [0.1, 0.15) is 11.3 Å². The van der Waals surface area contributed by atoms with Gasteiger partial charge >= 0.3 is 11.9 Å². The van der Waals surface area contributed by atoms with Crippen LogP contribution in [0.4, 0.5) is 0 Å². The fourth-order valence-corrected chi connectivity index (χ4v) is 3.29. The number of hydrogen-bond donors (Lipinski definition) is 4. The summed E-state index contributed by atoms with van der Waals surface area (Å²) in [5.74, 6) is -1.97. The molecular weight excluding hydrogens is 376 g/mol. The summed E-state index contributed by atoms with van der Waals surface area (Å²) < 4.78 is 5.98. The molecule has 2 aromatic carbocycles. The predicted octanol–water partition coefficient (Wildman–Crippen LogP) is 2.41. The van der Waals surface area contributed by atoms with Gasteiger partial charge in [0.25, 0.3) is 0 Å². The van der Waals surface area contributed by atoms with Gasteiger partial charge in [-0.2, -0.15) is 0 Å². The maximum atomic E-state index is 12.7. The van der Waals surface area contributed by atoms with Gasteiger partial charge in [0.15, 0.2) is 5.43 Å². The molecule has 29 heavy (non-hydrogen) atoms. The minimum absolute atomic E-state index is 0.114. The second-order valence-corrected chi connectivity index (χ2v) is 6.69. The first-order chi connectivity index (χ1) is 13.8. The Morgan fingerprint density at radius 2 is 1.55 bits per heavy atom. The second kappa shape index (κ2) is 8.26. The summed E-state index contributed by atoms with van der Waals surface area (Å²) in [5, 5.41) is 18.5. The molecular formula is C21H20N2O6. The molecule has 0 aliphatic heterocycles. The molecule has 0 aliphatic rings. The Hall–Kier alpha value is -3.49. The smallest absolute Gasteiger partial charge is 0.305 e. The molecule has 2 atom stereocenters. The lowest BCUT2D eigenvalue weighted by atomic mass is 9.90. The molecule has 0 amide bonds. The number of carboxylic acids is 2. The molecule has 8 heteroatoms. The van der Waals surface area contributed by atoms with Crippen LogP contribution in [0.2, 0.25) is 0 Å². The van der Waals surface area contributed by atoms with Crippen LogP contribution in [0.1, 0.15) is 36.1 Å². The number of fused-ring (bicyclic) bond motifs is 1. The topological polar surface area (TPSA) is 157 Å². The van der Waals surface area contributed by atoms with E-state index in [1.807, 2.05) is 6.07 Å².